The van der Waals surface area contributed by atoms with Crippen LogP contribution in [0.3, 0.4) is 0 Å². The van der Waals surface area contributed by atoms with Gasteiger partial charge in [0.15, 0.2) is 11.8 Å². The Balaban J connectivity index is 1.68. The normalized spacial score (nSPS) is 15.0. The molecule has 24 heavy (non-hydrogen) atoms. The number of ether oxygens (including phenoxy) is 1. The van der Waals surface area contributed by atoms with E-state index in [-0.39, 0.29) is 0 Å². The van der Waals surface area contributed by atoms with Crippen molar-refractivity contribution in [3.63, 3.8) is 0 Å². The highest BCUT2D eigenvalue weighted by molar-refractivity contribution is 5.92. The van der Waals surface area contributed by atoms with Gasteiger partial charge in [0.2, 0.25) is 0 Å². The molecule has 0 radical (unpaired) electrons. The third-order valence-electron chi connectivity index (χ3n) is 4.16. The van der Waals surface area contributed by atoms with Crippen LogP contribution in [0.1, 0.15) is 36.5 Å². The number of nitrogens with one attached hydrogen (secondary N) is 1. The Hall–Kier alpha value is -2.41. The topological polar surface area (TPSA) is 90.3 Å². The molecule has 1 aliphatic heterocycles. The Morgan fingerprint density at radius 3 is 3.04 bits per heavy atom. The second kappa shape index (κ2) is 7.92. The fourth-order valence-electron chi connectivity index (χ4n) is 2.92. The number of nitrogens with zero attached hydrogens (tertiary/aromatic N) is 4. The zero-order valence-corrected chi connectivity index (χ0v) is 14.0. The van der Waals surface area contributed by atoms with Gasteiger partial charge in [-0.3, -0.25) is 0 Å². The molecule has 0 fully saturated rings. The number of para-hydroxylation sites is 1. The van der Waals surface area contributed by atoms with Crippen molar-refractivity contribution in [1.29, 1.82) is 0 Å². The van der Waals surface area contributed by atoms with Crippen molar-refractivity contribution in [3.8, 4) is 0 Å². The number of benzene rings is 1. The van der Waals surface area contributed by atoms with Crippen LogP contribution in [0.4, 0.5) is 5.69 Å². The second-order valence-corrected chi connectivity index (χ2v) is 5.91. The lowest BCUT2D eigenvalue weighted by Crippen LogP contribution is -2.23. The lowest BCUT2D eigenvalue weighted by molar-refractivity contribution is 0.185. The van der Waals surface area contributed by atoms with Crippen molar-refractivity contribution >= 4 is 11.6 Å². The summed E-state index contributed by atoms with van der Waals surface area (Å²) in [5, 5.41) is 11.7. The number of anilines is 1. The van der Waals surface area contributed by atoms with E-state index < -0.39 is 0 Å². The van der Waals surface area contributed by atoms with Gasteiger partial charge in [-0.15, -0.1) is 10.2 Å². The van der Waals surface area contributed by atoms with E-state index in [1.807, 2.05) is 24.3 Å². The van der Waals surface area contributed by atoms with Gasteiger partial charge in [0.25, 0.3) is 0 Å². The van der Waals surface area contributed by atoms with Gasteiger partial charge in [0, 0.05) is 31.3 Å². The first-order chi connectivity index (χ1) is 11.8. The molecular formula is C17H24N6O. The van der Waals surface area contributed by atoms with E-state index in [0.717, 1.165) is 35.9 Å². The zero-order chi connectivity index (χ0) is 16.8. The largest absolute Gasteiger partial charge is 0.380 e. The molecule has 0 spiro atoms. The Kier molecular flexibility index (Phi) is 5.43. The van der Waals surface area contributed by atoms with E-state index in [0.29, 0.717) is 19.1 Å². The van der Waals surface area contributed by atoms with Gasteiger partial charge in [-0.25, -0.2) is 4.99 Å². The van der Waals surface area contributed by atoms with E-state index in [2.05, 4.69) is 25.1 Å². The number of fused-ring (bicyclic) bond motifs is 1. The molecular weight excluding hydrogens is 304 g/mol. The molecule has 2 heterocycles. The molecule has 1 aliphatic rings. The van der Waals surface area contributed by atoms with Crippen LogP contribution in [-0.4, -0.2) is 27.8 Å². The molecule has 3 N–H and O–H groups in total. The number of methoxy groups -OCH3 is 1. The lowest BCUT2D eigenvalue weighted by Gasteiger charge is -2.11. The number of aromatic nitrogens is 3. The monoisotopic (exact) mass is 328 g/mol. The number of aliphatic imine (C=N–C) groups is 1. The third-order valence-corrected chi connectivity index (χ3v) is 4.16. The molecule has 0 atom stereocenters. The van der Waals surface area contributed by atoms with Crippen LogP contribution in [0.25, 0.3) is 0 Å². The number of aryl methyl sites for hydroxylation is 1. The molecule has 0 aliphatic carbocycles. The fourth-order valence-corrected chi connectivity index (χ4v) is 2.92. The van der Waals surface area contributed by atoms with Crippen LogP contribution in [0.15, 0.2) is 29.3 Å². The number of rotatable bonds is 5. The minimum Gasteiger partial charge on any atom is -0.380 e. The summed E-state index contributed by atoms with van der Waals surface area (Å²) in [4.78, 5) is 4.42. The van der Waals surface area contributed by atoms with Crippen molar-refractivity contribution in [2.45, 2.75) is 45.4 Å². The molecule has 7 heteroatoms. The van der Waals surface area contributed by atoms with Crippen molar-refractivity contribution in [2.75, 3.05) is 12.4 Å². The van der Waals surface area contributed by atoms with Crippen molar-refractivity contribution < 1.29 is 4.74 Å². The molecule has 7 nitrogen and oxygen atoms in total. The highest BCUT2D eigenvalue weighted by Gasteiger charge is 2.14. The first-order valence-electron chi connectivity index (χ1n) is 8.32. The summed E-state index contributed by atoms with van der Waals surface area (Å²) in [6.07, 6.45) is 4.59. The van der Waals surface area contributed by atoms with Crippen LogP contribution in [0.2, 0.25) is 0 Å². The maximum atomic E-state index is 6.03. The quantitative estimate of drug-likeness (QED) is 0.648. The molecule has 3 rings (SSSR count). The van der Waals surface area contributed by atoms with Gasteiger partial charge < -0.3 is 20.4 Å². The fraction of sp³-hybridized carbons (Fsp3) is 0.471. The van der Waals surface area contributed by atoms with Crippen molar-refractivity contribution in [3.05, 3.63) is 41.5 Å². The van der Waals surface area contributed by atoms with Gasteiger partial charge in [0.05, 0.1) is 6.61 Å². The summed E-state index contributed by atoms with van der Waals surface area (Å²) in [7, 11) is 1.67. The van der Waals surface area contributed by atoms with Crippen LogP contribution < -0.4 is 11.1 Å². The van der Waals surface area contributed by atoms with Crippen molar-refractivity contribution in [1.82, 2.24) is 14.8 Å². The standard InChI is InChI=1S/C17H24N6O/c1-24-12-13-7-4-5-8-14(13)20-17(18)19-11-16-22-21-15-9-3-2-6-10-23(15)16/h4-5,7-8H,2-3,6,9-12H2,1H3,(H3,18,19,20). The lowest BCUT2D eigenvalue weighted by atomic mass is 10.2. The maximum absolute atomic E-state index is 6.03. The summed E-state index contributed by atoms with van der Waals surface area (Å²) in [6.45, 7) is 1.92. The summed E-state index contributed by atoms with van der Waals surface area (Å²) in [5.41, 5.74) is 7.97. The minimum absolute atomic E-state index is 0.365. The third kappa shape index (κ3) is 3.91. The van der Waals surface area contributed by atoms with Gasteiger partial charge in [-0.1, -0.05) is 24.6 Å². The molecule has 0 saturated heterocycles. The highest BCUT2D eigenvalue weighted by Crippen LogP contribution is 2.16. The minimum atomic E-state index is 0.365. The first-order valence-corrected chi connectivity index (χ1v) is 8.32. The molecule has 2 aromatic rings. The average molecular weight is 328 g/mol. The van der Waals surface area contributed by atoms with Crippen LogP contribution >= 0.6 is 0 Å². The molecule has 1 aromatic heterocycles. The van der Waals surface area contributed by atoms with Crippen LogP contribution in [0, 0.1) is 0 Å². The number of hydrogen-bond acceptors (Lipinski definition) is 4. The van der Waals surface area contributed by atoms with Crippen molar-refractivity contribution in [2.24, 2.45) is 10.7 Å². The Bertz CT molecular complexity index is 709. The summed E-state index contributed by atoms with van der Waals surface area (Å²) < 4.78 is 7.38. The van der Waals surface area contributed by atoms with E-state index >= 15 is 0 Å². The Morgan fingerprint density at radius 1 is 1.29 bits per heavy atom. The predicted molar refractivity (Wildman–Crippen MR) is 93.7 cm³/mol. The Morgan fingerprint density at radius 2 is 2.17 bits per heavy atom. The number of guanidine groups is 1. The van der Waals surface area contributed by atoms with Gasteiger partial charge in [-0.05, 0) is 18.9 Å². The molecule has 0 amide bonds. The van der Waals surface area contributed by atoms with Gasteiger partial charge in [0.1, 0.15) is 12.4 Å². The summed E-state index contributed by atoms with van der Waals surface area (Å²) in [6, 6.07) is 7.88. The molecule has 1 aromatic carbocycles. The first kappa shape index (κ1) is 16.4. The SMILES string of the molecule is COCc1ccccc1NC(N)=NCc1nnc2n1CCCCC2. The second-order valence-electron chi connectivity index (χ2n) is 5.91. The van der Waals surface area contributed by atoms with E-state index in [4.69, 9.17) is 10.5 Å². The predicted octanol–water partition coefficient (Wildman–Crippen LogP) is 2.08. The smallest absolute Gasteiger partial charge is 0.193 e. The molecule has 0 unspecified atom stereocenters. The highest BCUT2D eigenvalue weighted by atomic mass is 16.5. The van der Waals surface area contributed by atoms with E-state index in [1.165, 1.54) is 19.3 Å². The van der Waals surface area contributed by atoms with E-state index in [9.17, 15) is 0 Å². The van der Waals surface area contributed by atoms with Gasteiger partial charge in [-0.2, -0.15) is 0 Å². The maximum Gasteiger partial charge on any atom is 0.193 e. The number of nitrogens with two attached hydrogens (primary N) is 1. The van der Waals surface area contributed by atoms with Gasteiger partial charge >= 0.3 is 0 Å². The summed E-state index contributed by atoms with van der Waals surface area (Å²) >= 11 is 0. The summed E-state index contributed by atoms with van der Waals surface area (Å²) in [5.74, 6) is 2.31. The number of hydrogen-bond donors (Lipinski definition) is 2. The average Bonchev–Trinajstić information content (AvgIpc) is 2.82. The zero-order valence-electron chi connectivity index (χ0n) is 14.0. The molecule has 0 saturated carbocycles. The van der Waals surface area contributed by atoms with Crippen LogP contribution in [0.5, 0.6) is 0 Å². The Labute approximate surface area is 141 Å². The van der Waals surface area contributed by atoms with Crippen LogP contribution in [-0.2, 0) is 30.9 Å². The molecule has 128 valence electrons. The van der Waals surface area contributed by atoms with E-state index in [1.54, 1.807) is 7.11 Å². The molecule has 0 bridgehead atoms.